The average Bonchev–Trinajstić information content (AvgIpc) is 2.95. The number of aromatic nitrogens is 3. The molecule has 3 rings (SSSR count). The number of nitrogens with two attached hydrogens (primary N) is 1. The van der Waals surface area contributed by atoms with E-state index < -0.39 is 0 Å². The lowest BCUT2D eigenvalue weighted by atomic mass is 10.2. The highest BCUT2D eigenvalue weighted by Gasteiger charge is 2.27. The van der Waals surface area contributed by atoms with Crippen LogP contribution >= 0.6 is 11.5 Å². The molecule has 112 valence electrons. The van der Waals surface area contributed by atoms with Crippen molar-refractivity contribution in [2.24, 2.45) is 0 Å². The van der Waals surface area contributed by atoms with E-state index in [-0.39, 0.29) is 17.8 Å². The predicted molar refractivity (Wildman–Crippen MR) is 82.3 cm³/mol. The first kappa shape index (κ1) is 13.9. The Bertz CT molecular complexity index is 619. The van der Waals surface area contributed by atoms with Gasteiger partial charge in [-0.2, -0.15) is 4.37 Å². The van der Waals surface area contributed by atoms with Crippen molar-refractivity contribution in [1.82, 2.24) is 19.2 Å². The van der Waals surface area contributed by atoms with E-state index in [9.17, 15) is 4.79 Å². The van der Waals surface area contributed by atoms with Crippen LogP contribution in [0.1, 0.15) is 30.1 Å². The van der Waals surface area contributed by atoms with Gasteiger partial charge in [0.25, 0.3) is 5.91 Å². The van der Waals surface area contributed by atoms with E-state index in [1.807, 2.05) is 17.7 Å². The number of rotatable bonds is 6. The molecule has 0 radical (unpaired) electrons. The third-order valence-electron chi connectivity index (χ3n) is 3.28. The van der Waals surface area contributed by atoms with Crippen LogP contribution < -0.4 is 16.4 Å². The van der Waals surface area contributed by atoms with Crippen LogP contribution in [-0.2, 0) is 6.54 Å². The minimum atomic E-state index is -0.138. The van der Waals surface area contributed by atoms with Crippen LogP contribution in [0.15, 0.2) is 18.7 Å². The average molecular weight is 306 g/mol. The number of hydrogen-bond acceptors (Lipinski definition) is 6. The van der Waals surface area contributed by atoms with Crippen molar-refractivity contribution in [2.75, 3.05) is 11.1 Å². The van der Waals surface area contributed by atoms with Crippen LogP contribution in [0, 0.1) is 0 Å². The molecule has 1 fully saturated rings. The molecule has 8 heteroatoms. The van der Waals surface area contributed by atoms with E-state index >= 15 is 0 Å². The Hall–Kier alpha value is -2.09. The number of carbonyl (C=O) groups excluding carboxylic acids is 1. The third kappa shape index (κ3) is 3.33. The molecule has 0 aromatic carbocycles. The van der Waals surface area contributed by atoms with E-state index in [0.717, 1.165) is 24.4 Å². The molecular formula is C13H18N6OS. The van der Waals surface area contributed by atoms with Crippen LogP contribution in [0.5, 0.6) is 0 Å². The number of hydrogen-bond donors (Lipinski definition) is 3. The zero-order chi connectivity index (χ0) is 14.8. The van der Waals surface area contributed by atoms with Crippen molar-refractivity contribution >= 4 is 28.3 Å². The van der Waals surface area contributed by atoms with E-state index in [0.29, 0.717) is 11.6 Å². The number of anilines is 2. The summed E-state index contributed by atoms with van der Waals surface area (Å²) in [4.78, 5) is 16.2. The van der Waals surface area contributed by atoms with E-state index in [4.69, 9.17) is 5.73 Å². The van der Waals surface area contributed by atoms with Gasteiger partial charge in [0.1, 0.15) is 10.6 Å². The van der Waals surface area contributed by atoms with Gasteiger partial charge in [-0.15, -0.1) is 0 Å². The SMILES string of the molecule is CC(Cn1ccnc1)Nc1snc(N)c1C(=O)NC1CC1. The Morgan fingerprint density at radius 1 is 1.62 bits per heavy atom. The van der Waals surface area contributed by atoms with Crippen LogP contribution in [0.2, 0.25) is 0 Å². The van der Waals surface area contributed by atoms with Gasteiger partial charge < -0.3 is 20.9 Å². The summed E-state index contributed by atoms with van der Waals surface area (Å²) in [5, 5.41) is 6.98. The highest BCUT2D eigenvalue weighted by Crippen LogP contribution is 2.29. The van der Waals surface area contributed by atoms with Crippen LogP contribution in [-0.4, -0.2) is 31.9 Å². The van der Waals surface area contributed by atoms with E-state index in [1.54, 1.807) is 12.5 Å². The number of amides is 1. The maximum absolute atomic E-state index is 12.2. The van der Waals surface area contributed by atoms with Crippen molar-refractivity contribution in [3.8, 4) is 0 Å². The quantitative estimate of drug-likeness (QED) is 0.747. The molecule has 0 spiro atoms. The molecule has 1 aliphatic carbocycles. The van der Waals surface area contributed by atoms with Gasteiger partial charge in [0, 0.05) is 31.0 Å². The normalized spacial score (nSPS) is 15.7. The molecule has 1 unspecified atom stereocenters. The Morgan fingerprint density at radius 2 is 2.43 bits per heavy atom. The van der Waals surface area contributed by atoms with Crippen LogP contribution in [0.4, 0.5) is 10.8 Å². The summed E-state index contributed by atoms with van der Waals surface area (Å²) in [6.45, 7) is 2.79. The van der Waals surface area contributed by atoms with Crippen molar-refractivity contribution in [3.05, 3.63) is 24.3 Å². The highest BCUT2D eigenvalue weighted by atomic mass is 32.1. The fourth-order valence-electron chi connectivity index (χ4n) is 2.09. The molecular weight excluding hydrogens is 288 g/mol. The molecule has 1 atom stereocenters. The fourth-order valence-corrected chi connectivity index (χ4v) is 2.91. The minimum absolute atomic E-state index is 0.131. The van der Waals surface area contributed by atoms with Gasteiger partial charge in [0.15, 0.2) is 5.82 Å². The molecule has 2 aromatic rings. The first-order valence-corrected chi connectivity index (χ1v) is 7.69. The van der Waals surface area contributed by atoms with Gasteiger partial charge >= 0.3 is 0 Å². The van der Waals surface area contributed by atoms with Crippen molar-refractivity contribution in [1.29, 1.82) is 0 Å². The lowest BCUT2D eigenvalue weighted by Crippen LogP contribution is -2.28. The van der Waals surface area contributed by atoms with Crippen molar-refractivity contribution < 1.29 is 4.79 Å². The monoisotopic (exact) mass is 306 g/mol. The molecule has 1 aliphatic rings. The zero-order valence-electron chi connectivity index (χ0n) is 11.7. The lowest BCUT2D eigenvalue weighted by molar-refractivity contribution is 0.0953. The van der Waals surface area contributed by atoms with Crippen LogP contribution in [0.25, 0.3) is 0 Å². The molecule has 0 bridgehead atoms. The first-order chi connectivity index (χ1) is 10.1. The van der Waals surface area contributed by atoms with Gasteiger partial charge in [-0.05, 0) is 31.3 Å². The second kappa shape index (κ2) is 5.72. The summed E-state index contributed by atoms with van der Waals surface area (Å²) < 4.78 is 6.07. The number of nitrogen functional groups attached to an aromatic ring is 1. The Morgan fingerprint density at radius 3 is 3.10 bits per heavy atom. The number of nitrogens with zero attached hydrogens (tertiary/aromatic N) is 3. The molecule has 21 heavy (non-hydrogen) atoms. The molecule has 0 aliphatic heterocycles. The van der Waals surface area contributed by atoms with Gasteiger partial charge in [-0.25, -0.2) is 4.98 Å². The number of carbonyl (C=O) groups is 1. The van der Waals surface area contributed by atoms with Gasteiger partial charge in [-0.1, -0.05) is 0 Å². The Balaban J connectivity index is 1.68. The Labute approximate surface area is 126 Å². The maximum atomic E-state index is 12.2. The van der Waals surface area contributed by atoms with Gasteiger partial charge in [-0.3, -0.25) is 4.79 Å². The lowest BCUT2D eigenvalue weighted by Gasteiger charge is -2.15. The molecule has 1 amide bonds. The second-order valence-corrected chi connectivity index (χ2v) is 6.10. The summed E-state index contributed by atoms with van der Waals surface area (Å²) >= 11 is 1.22. The molecule has 2 heterocycles. The molecule has 0 saturated heterocycles. The van der Waals surface area contributed by atoms with Crippen molar-refractivity contribution in [2.45, 2.75) is 38.4 Å². The fraction of sp³-hybridized carbons (Fsp3) is 0.462. The van der Waals surface area contributed by atoms with E-state index in [2.05, 4.69) is 20.0 Å². The molecule has 4 N–H and O–H groups in total. The maximum Gasteiger partial charge on any atom is 0.258 e. The second-order valence-electron chi connectivity index (χ2n) is 5.32. The summed E-state index contributed by atoms with van der Waals surface area (Å²) in [7, 11) is 0. The predicted octanol–water partition coefficient (Wildman–Crippen LogP) is 1.31. The summed E-state index contributed by atoms with van der Waals surface area (Å²) in [6.07, 6.45) is 7.50. The van der Waals surface area contributed by atoms with Crippen molar-refractivity contribution in [3.63, 3.8) is 0 Å². The highest BCUT2D eigenvalue weighted by molar-refractivity contribution is 7.11. The Kier molecular flexibility index (Phi) is 3.78. The third-order valence-corrected chi connectivity index (χ3v) is 4.07. The van der Waals surface area contributed by atoms with Gasteiger partial charge in [0.2, 0.25) is 0 Å². The largest absolute Gasteiger partial charge is 0.382 e. The summed E-state index contributed by atoms with van der Waals surface area (Å²) in [6, 6.07) is 0.430. The van der Waals surface area contributed by atoms with E-state index in [1.165, 1.54) is 11.5 Å². The topological polar surface area (TPSA) is 97.9 Å². The van der Waals surface area contributed by atoms with Gasteiger partial charge in [0.05, 0.1) is 6.33 Å². The zero-order valence-corrected chi connectivity index (χ0v) is 12.6. The molecule has 1 saturated carbocycles. The minimum Gasteiger partial charge on any atom is -0.382 e. The number of imidazole rings is 1. The number of nitrogens with one attached hydrogen (secondary N) is 2. The standard InChI is InChI=1S/C13H18N6OS/c1-8(6-19-5-4-15-7-19)16-13-10(11(14)18-21-13)12(20)17-9-2-3-9/h4-5,7-9,16H,2-3,6H2,1H3,(H2,14,18)(H,17,20). The summed E-state index contributed by atoms with van der Waals surface area (Å²) in [5.41, 5.74) is 6.30. The summed E-state index contributed by atoms with van der Waals surface area (Å²) in [5.74, 6) is 0.150. The van der Waals surface area contributed by atoms with Crippen LogP contribution in [0.3, 0.4) is 0 Å². The molecule has 2 aromatic heterocycles. The molecule has 7 nitrogen and oxygen atoms in total. The first-order valence-electron chi connectivity index (χ1n) is 6.91. The smallest absolute Gasteiger partial charge is 0.258 e.